The SMILES string of the molecule is C[CH2][Pb]([CH2]C)[CH2]C.[S-]c1ccc(Cl)cc1. The van der Waals surface area contributed by atoms with E-state index in [9.17, 15) is 0 Å². The Kier molecular flexibility index (Phi) is 10.3. The second-order valence-electron chi connectivity index (χ2n) is 3.26. The molecule has 0 aliphatic rings. The van der Waals surface area contributed by atoms with Crippen molar-refractivity contribution < 1.29 is 0 Å². The number of rotatable bonds is 3. The third-order valence-corrected chi connectivity index (χ3v) is 14.5. The molecule has 0 spiro atoms. The molecule has 0 aliphatic carbocycles. The molecule has 1 rings (SSSR count). The van der Waals surface area contributed by atoms with Crippen LogP contribution in [-0.4, -0.2) is 22.7 Å². The molecule has 0 amide bonds. The van der Waals surface area contributed by atoms with Gasteiger partial charge in [-0.25, -0.2) is 0 Å². The van der Waals surface area contributed by atoms with Crippen LogP contribution in [0, 0.1) is 0 Å². The maximum absolute atomic E-state index is 5.57. The monoisotopic (exact) mass is 438 g/mol. The van der Waals surface area contributed by atoms with E-state index in [-0.39, 0.29) is 0 Å². The van der Waals surface area contributed by atoms with Gasteiger partial charge in [0, 0.05) is 5.02 Å². The fraction of sp³-hybridized carbons (Fsp3) is 0.500. The second-order valence-corrected chi connectivity index (χ2v) is 18.3. The Morgan fingerprint density at radius 2 is 1.40 bits per heavy atom. The fourth-order valence-electron chi connectivity index (χ4n) is 1.18. The Labute approximate surface area is 113 Å². The molecule has 0 bridgehead atoms. The van der Waals surface area contributed by atoms with Gasteiger partial charge in [0.2, 0.25) is 0 Å². The summed E-state index contributed by atoms with van der Waals surface area (Å²) < 4.78 is 4.70. The topological polar surface area (TPSA) is 0 Å². The van der Waals surface area contributed by atoms with Crippen molar-refractivity contribution in [2.24, 2.45) is 0 Å². The zero-order valence-electron chi connectivity index (χ0n) is 9.72. The van der Waals surface area contributed by atoms with Gasteiger partial charge in [0.05, 0.1) is 0 Å². The van der Waals surface area contributed by atoms with Gasteiger partial charge in [0.25, 0.3) is 0 Å². The quantitative estimate of drug-likeness (QED) is 0.484. The normalized spacial score (nSPS) is 9.67. The fourth-order valence-corrected chi connectivity index (χ4v) is 7.28. The first-order valence-electron chi connectivity index (χ1n) is 5.40. The Morgan fingerprint density at radius 3 is 1.60 bits per heavy atom. The first-order valence-corrected chi connectivity index (χ1v) is 14.4. The van der Waals surface area contributed by atoms with Crippen molar-refractivity contribution in [3.8, 4) is 0 Å². The van der Waals surface area contributed by atoms with Crippen molar-refractivity contribution in [2.75, 3.05) is 0 Å². The maximum atomic E-state index is 5.57. The Balaban J connectivity index is 0.000000265. The van der Waals surface area contributed by atoms with E-state index >= 15 is 0 Å². The molecule has 0 saturated heterocycles. The Morgan fingerprint density at radius 1 is 1.00 bits per heavy atom. The Hall–Kier alpha value is 0.652. The van der Waals surface area contributed by atoms with E-state index in [1.807, 2.05) is 0 Å². The van der Waals surface area contributed by atoms with Crippen molar-refractivity contribution in [3.05, 3.63) is 29.3 Å². The minimum atomic E-state index is -0.789. The van der Waals surface area contributed by atoms with Crippen LogP contribution in [0.1, 0.15) is 20.8 Å². The van der Waals surface area contributed by atoms with Crippen LogP contribution in [0.25, 0.3) is 0 Å². The minimum absolute atomic E-state index is 0.735. The molecule has 0 aliphatic heterocycles. The van der Waals surface area contributed by atoms with Gasteiger partial charge in [-0.3, -0.25) is 0 Å². The Bertz CT molecular complexity index is 218. The smallest absolute Gasteiger partial charge is 0.0404 e. The molecule has 1 aromatic carbocycles. The van der Waals surface area contributed by atoms with Gasteiger partial charge in [-0.1, -0.05) is 23.7 Å². The van der Waals surface area contributed by atoms with E-state index in [1.165, 1.54) is 0 Å². The van der Waals surface area contributed by atoms with Gasteiger partial charge in [-0.15, -0.1) is 0 Å². The average molecular weight is 438 g/mol. The van der Waals surface area contributed by atoms with E-state index in [1.54, 1.807) is 36.2 Å². The van der Waals surface area contributed by atoms with Crippen LogP contribution in [0.4, 0.5) is 0 Å². The van der Waals surface area contributed by atoms with Crippen LogP contribution >= 0.6 is 11.6 Å². The van der Waals surface area contributed by atoms with Crippen LogP contribution in [-0.2, 0) is 12.6 Å². The summed E-state index contributed by atoms with van der Waals surface area (Å²) in [6.45, 7) is 7.07. The molecule has 0 fully saturated rings. The molecule has 0 N–H and O–H groups in total. The third kappa shape index (κ3) is 8.46. The van der Waals surface area contributed by atoms with E-state index in [0.29, 0.717) is 0 Å². The van der Waals surface area contributed by atoms with Crippen molar-refractivity contribution >= 4 is 46.9 Å². The largest absolute Gasteiger partial charge is 0.780 e. The third-order valence-electron chi connectivity index (χ3n) is 2.31. The molecule has 85 valence electrons. The summed E-state index contributed by atoms with van der Waals surface area (Å²) >= 11 is 9.59. The van der Waals surface area contributed by atoms with Crippen LogP contribution in [0.2, 0.25) is 17.0 Å². The predicted molar refractivity (Wildman–Crippen MR) is 74.3 cm³/mol. The molecule has 1 radical (unpaired) electrons. The van der Waals surface area contributed by atoms with Crippen molar-refractivity contribution in [2.45, 2.75) is 37.6 Å². The maximum Gasteiger partial charge on any atom is 0.0404 e. The zero-order chi connectivity index (χ0) is 11.7. The van der Waals surface area contributed by atoms with Crippen LogP contribution in [0.5, 0.6) is 0 Å². The predicted octanol–water partition coefficient (Wildman–Crippen LogP) is 4.79. The summed E-state index contributed by atoms with van der Waals surface area (Å²) in [6, 6.07) is 7.17. The van der Waals surface area contributed by atoms with Crippen molar-refractivity contribution in [3.63, 3.8) is 0 Å². The number of halogens is 1. The standard InChI is InChI=1S/C6H5ClS.3C2H5.Pb/c7-5-1-3-6(8)4-2-5;3*1-2;/h1-4,8H;3*1H2,2H3;/p-1. The zero-order valence-corrected chi connectivity index (χ0v) is 15.2. The molecule has 0 atom stereocenters. The molecule has 0 nitrogen and oxygen atoms in total. The van der Waals surface area contributed by atoms with Gasteiger partial charge in [-0.2, -0.15) is 4.90 Å². The van der Waals surface area contributed by atoms with Crippen molar-refractivity contribution in [1.82, 2.24) is 0 Å². The molecule has 15 heavy (non-hydrogen) atoms. The van der Waals surface area contributed by atoms with Gasteiger partial charge in [0.15, 0.2) is 0 Å². The minimum Gasteiger partial charge on any atom is -0.780 e. The summed E-state index contributed by atoms with van der Waals surface area (Å²) in [7, 11) is 0. The van der Waals surface area contributed by atoms with Gasteiger partial charge in [0.1, 0.15) is 0 Å². The molecule has 1 aromatic rings. The molecule has 0 heterocycles. The number of hydrogen-bond donors (Lipinski definition) is 0. The van der Waals surface area contributed by atoms with Crippen LogP contribution in [0.15, 0.2) is 29.2 Å². The first-order chi connectivity index (χ1) is 7.13. The van der Waals surface area contributed by atoms with Gasteiger partial charge < -0.3 is 12.6 Å². The summed E-state index contributed by atoms with van der Waals surface area (Å²) in [5, 5.41) is 0.735. The van der Waals surface area contributed by atoms with Crippen molar-refractivity contribution in [1.29, 1.82) is 0 Å². The summed E-state index contributed by atoms with van der Waals surface area (Å²) in [6.07, 6.45) is 0. The number of benzene rings is 1. The molecule has 0 unspecified atom stereocenters. The van der Waals surface area contributed by atoms with Crippen LogP contribution in [0.3, 0.4) is 0 Å². The number of hydrogen-bond acceptors (Lipinski definition) is 1. The van der Waals surface area contributed by atoms with E-state index in [4.69, 9.17) is 24.2 Å². The van der Waals surface area contributed by atoms with E-state index in [2.05, 4.69) is 20.8 Å². The van der Waals surface area contributed by atoms with Gasteiger partial charge in [-0.05, 0) is 12.1 Å². The second kappa shape index (κ2) is 9.85. The summed E-state index contributed by atoms with van der Waals surface area (Å²) in [5.74, 6) is 0. The molecule has 3 heteroatoms. The van der Waals surface area contributed by atoms with E-state index < -0.39 is 22.7 Å². The van der Waals surface area contributed by atoms with Gasteiger partial charge >= 0.3 is 55.4 Å². The summed E-state index contributed by atoms with van der Waals surface area (Å²) in [5.41, 5.74) is 0. The molecule has 0 saturated carbocycles. The average Bonchev–Trinajstić information content (AvgIpc) is 2.26. The van der Waals surface area contributed by atoms with Crippen LogP contribution < -0.4 is 0 Å². The van der Waals surface area contributed by atoms with E-state index in [0.717, 1.165) is 9.92 Å². The summed E-state index contributed by atoms with van der Waals surface area (Å²) in [4.78, 5) is 0.828. The first kappa shape index (κ1) is 15.7. The molecule has 0 aromatic heterocycles. The molecular weight excluding hydrogens is 419 g/mol. The molecular formula is C12H19ClPbS-.